The zero-order valence-electron chi connectivity index (χ0n) is 19.3. The second kappa shape index (κ2) is 7.78. The summed E-state index contributed by atoms with van der Waals surface area (Å²) in [6, 6.07) is 8.27. The summed E-state index contributed by atoms with van der Waals surface area (Å²) in [5, 5.41) is 8.95. The molecule has 7 nitrogen and oxygen atoms in total. The lowest BCUT2D eigenvalue weighted by molar-refractivity contribution is -0.106. The number of hydrogen-bond acceptors (Lipinski definition) is 4. The van der Waals surface area contributed by atoms with Crippen molar-refractivity contribution in [1.82, 2.24) is 14.7 Å². The molecule has 2 aromatic carbocycles. The number of rotatable bonds is 3. The lowest BCUT2D eigenvalue weighted by Gasteiger charge is -2.38. The van der Waals surface area contributed by atoms with Crippen LogP contribution >= 0.6 is 0 Å². The summed E-state index contributed by atoms with van der Waals surface area (Å²) in [6.45, 7) is 4.57. The van der Waals surface area contributed by atoms with Gasteiger partial charge in [-0.15, -0.1) is 0 Å². The van der Waals surface area contributed by atoms with Crippen LogP contribution in [0, 0.1) is 0 Å². The van der Waals surface area contributed by atoms with Crippen molar-refractivity contribution in [1.29, 1.82) is 0 Å². The molecule has 178 valence electrons. The van der Waals surface area contributed by atoms with Crippen LogP contribution in [0.3, 0.4) is 0 Å². The normalized spacial score (nSPS) is 19.4. The molecular weight excluding hydrogens is 442 g/mol. The third kappa shape index (κ3) is 3.99. The van der Waals surface area contributed by atoms with E-state index in [1.165, 1.54) is 4.68 Å². The number of ether oxygens (including phenoxy) is 1. The Morgan fingerprint density at radius 1 is 1.26 bits per heavy atom. The third-order valence-electron chi connectivity index (χ3n) is 6.21. The van der Waals surface area contributed by atoms with Crippen molar-refractivity contribution in [3.05, 3.63) is 59.4 Å². The zero-order chi connectivity index (χ0) is 24.3. The molecule has 1 saturated heterocycles. The van der Waals surface area contributed by atoms with Crippen molar-refractivity contribution in [2.45, 2.75) is 51.2 Å². The Labute approximate surface area is 195 Å². The number of alkyl halides is 2. The van der Waals surface area contributed by atoms with Gasteiger partial charge in [0.2, 0.25) is 0 Å². The smallest absolute Gasteiger partial charge is 0.410 e. The molecule has 0 aliphatic carbocycles. The van der Waals surface area contributed by atoms with Gasteiger partial charge >= 0.3 is 6.09 Å². The Morgan fingerprint density at radius 2 is 2.06 bits per heavy atom. The minimum Gasteiger partial charge on any atom is -0.444 e. The van der Waals surface area contributed by atoms with Crippen molar-refractivity contribution in [3.8, 4) is 0 Å². The Bertz CT molecular complexity index is 1300. The number of benzene rings is 2. The van der Waals surface area contributed by atoms with Crippen LogP contribution in [0.1, 0.15) is 54.7 Å². The monoisotopic (exact) mass is 468 g/mol. The molecule has 2 amide bonds. The van der Waals surface area contributed by atoms with E-state index >= 15 is 8.78 Å². The molecule has 0 spiro atoms. The standard InChI is InChI=1S/C25H26F2N4O3/c1-24(2,3)34-23(33)30-10-9-20(25(26,27)14-30)31-13-15(12-28-31)11-16-7-8-19-21-17(16)5-4-6-18(21)22(32)29-19/h4-8,12-13,20H,9-11,14H2,1-3H3,(H,29,32). The predicted octanol–water partition coefficient (Wildman–Crippen LogP) is 5.01. The molecule has 5 rings (SSSR count). The van der Waals surface area contributed by atoms with Crippen LogP contribution in [0.15, 0.2) is 42.7 Å². The fourth-order valence-corrected chi connectivity index (χ4v) is 4.70. The highest BCUT2D eigenvalue weighted by Gasteiger charge is 2.48. The van der Waals surface area contributed by atoms with Crippen LogP contribution in [0.2, 0.25) is 0 Å². The lowest BCUT2D eigenvalue weighted by Crippen LogP contribution is -2.52. The van der Waals surface area contributed by atoms with Gasteiger partial charge in [-0.3, -0.25) is 9.48 Å². The molecule has 1 fully saturated rings. The molecule has 2 aliphatic heterocycles. The van der Waals surface area contributed by atoms with Crippen LogP contribution in [0.25, 0.3) is 10.8 Å². The van der Waals surface area contributed by atoms with E-state index in [0.717, 1.165) is 32.5 Å². The summed E-state index contributed by atoms with van der Waals surface area (Å²) in [5.41, 5.74) is 2.46. The van der Waals surface area contributed by atoms with Crippen LogP contribution in [-0.4, -0.2) is 51.3 Å². The number of carbonyl (C=O) groups excluding carboxylic acids is 2. The van der Waals surface area contributed by atoms with Gasteiger partial charge in [0.25, 0.3) is 11.8 Å². The molecule has 1 atom stereocenters. The number of nitrogens with zero attached hydrogens (tertiary/aromatic N) is 3. The Kier molecular flexibility index (Phi) is 5.11. The number of aromatic nitrogens is 2. The van der Waals surface area contributed by atoms with Crippen LogP contribution in [0.5, 0.6) is 0 Å². The molecule has 1 N–H and O–H groups in total. The third-order valence-corrected chi connectivity index (χ3v) is 6.21. The van der Waals surface area contributed by atoms with Crippen LogP contribution in [-0.2, 0) is 11.2 Å². The highest BCUT2D eigenvalue weighted by Crippen LogP contribution is 2.38. The van der Waals surface area contributed by atoms with Gasteiger partial charge in [-0.1, -0.05) is 18.2 Å². The number of likely N-dealkylation sites (tertiary alicyclic amines) is 1. The molecule has 34 heavy (non-hydrogen) atoms. The van der Waals surface area contributed by atoms with Gasteiger partial charge in [0.15, 0.2) is 0 Å². The first-order valence-electron chi connectivity index (χ1n) is 11.3. The van der Waals surface area contributed by atoms with Gasteiger partial charge in [-0.05, 0) is 55.8 Å². The molecule has 0 radical (unpaired) electrons. The number of amides is 2. The highest BCUT2D eigenvalue weighted by atomic mass is 19.3. The minimum absolute atomic E-state index is 0.0716. The van der Waals surface area contributed by atoms with Crippen molar-refractivity contribution in [3.63, 3.8) is 0 Å². The zero-order valence-corrected chi connectivity index (χ0v) is 19.3. The van der Waals surface area contributed by atoms with E-state index < -0.39 is 30.2 Å². The lowest BCUT2D eigenvalue weighted by atomic mass is 9.97. The second-order valence-electron chi connectivity index (χ2n) is 9.93. The Balaban J connectivity index is 1.34. The number of anilines is 1. The van der Waals surface area contributed by atoms with E-state index in [1.54, 1.807) is 39.2 Å². The van der Waals surface area contributed by atoms with E-state index in [1.807, 2.05) is 24.3 Å². The maximum atomic E-state index is 15.0. The van der Waals surface area contributed by atoms with E-state index in [2.05, 4.69) is 10.4 Å². The summed E-state index contributed by atoms with van der Waals surface area (Å²) < 4.78 is 36.6. The van der Waals surface area contributed by atoms with Crippen LogP contribution in [0.4, 0.5) is 19.3 Å². The number of hydrogen-bond donors (Lipinski definition) is 1. The molecule has 9 heteroatoms. The predicted molar refractivity (Wildman–Crippen MR) is 123 cm³/mol. The van der Waals surface area contributed by atoms with Gasteiger partial charge in [-0.2, -0.15) is 5.10 Å². The Morgan fingerprint density at radius 3 is 2.79 bits per heavy atom. The van der Waals surface area contributed by atoms with Gasteiger partial charge < -0.3 is 15.0 Å². The van der Waals surface area contributed by atoms with Crippen molar-refractivity contribution in [2.24, 2.45) is 0 Å². The molecule has 1 aromatic heterocycles. The summed E-state index contributed by atoms with van der Waals surface area (Å²) in [4.78, 5) is 25.5. The average molecular weight is 469 g/mol. The first kappa shape index (κ1) is 22.3. The topological polar surface area (TPSA) is 76.5 Å². The summed E-state index contributed by atoms with van der Waals surface area (Å²) in [5.74, 6) is -3.27. The molecule has 2 aliphatic rings. The van der Waals surface area contributed by atoms with E-state index in [9.17, 15) is 9.59 Å². The number of carbonyl (C=O) groups is 2. The summed E-state index contributed by atoms with van der Waals surface area (Å²) in [7, 11) is 0. The number of piperidine rings is 1. The van der Waals surface area contributed by atoms with E-state index in [4.69, 9.17) is 4.74 Å². The largest absolute Gasteiger partial charge is 0.444 e. The quantitative estimate of drug-likeness (QED) is 0.586. The molecule has 3 aromatic rings. The first-order valence-corrected chi connectivity index (χ1v) is 11.3. The summed E-state index contributed by atoms with van der Waals surface area (Å²) in [6.07, 6.45) is 3.09. The van der Waals surface area contributed by atoms with Crippen molar-refractivity contribution < 1.29 is 23.1 Å². The van der Waals surface area contributed by atoms with Gasteiger partial charge in [-0.25, -0.2) is 13.6 Å². The van der Waals surface area contributed by atoms with Crippen molar-refractivity contribution >= 4 is 28.5 Å². The number of halogens is 2. The molecule has 0 saturated carbocycles. The van der Waals surface area contributed by atoms with E-state index in [0.29, 0.717) is 12.0 Å². The fraction of sp³-hybridized carbons (Fsp3) is 0.400. The minimum atomic E-state index is -3.15. The average Bonchev–Trinajstić information content (AvgIpc) is 3.33. The van der Waals surface area contributed by atoms with Gasteiger partial charge in [0.1, 0.15) is 11.6 Å². The van der Waals surface area contributed by atoms with Gasteiger partial charge in [0.05, 0.1) is 12.7 Å². The molecular formula is C25H26F2N4O3. The van der Waals surface area contributed by atoms with E-state index in [-0.39, 0.29) is 18.9 Å². The maximum absolute atomic E-state index is 15.0. The molecule has 1 unspecified atom stereocenters. The van der Waals surface area contributed by atoms with Gasteiger partial charge in [0, 0.05) is 35.8 Å². The van der Waals surface area contributed by atoms with Crippen molar-refractivity contribution in [2.75, 3.05) is 18.4 Å². The van der Waals surface area contributed by atoms with Crippen LogP contribution < -0.4 is 5.32 Å². The Hall–Kier alpha value is -3.49. The fourth-order valence-electron chi connectivity index (χ4n) is 4.70. The summed E-state index contributed by atoms with van der Waals surface area (Å²) >= 11 is 0. The highest BCUT2D eigenvalue weighted by molar-refractivity contribution is 6.24. The molecule has 3 heterocycles. The SMILES string of the molecule is CC(C)(C)OC(=O)N1CCC(n2cc(Cc3ccc4c5c(cccc35)C(=O)N4)cn2)C(F)(F)C1. The molecule has 0 bridgehead atoms. The number of nitrogens with one attached hydrogen (secondary N) is 1. The second-order valence-corrected chi connectivity index (χ2v) is 9.93. The first-order chi connectivity index (χ1) is 16.0. The maximum Gasteiger partial charge on any atom is 0.410 e.